The van der Waals surface area contributed by atoms with E-state index in [2.05, 4.69) is 11.2 Å². The minimum absolute atomic E-state index is 0.0122. The molecular weight excluding hydrogens is 395 g/mol. The highest BCUT2D eigenvalue weighted by molar-refractivity contribution is 6.37. The van der Waals surface area contributed by atoms with Gasteiger partial charge in [-0.1, -0.05) is 52.9 Å². The van der Waals surface area contributed by atoms with Crippen molar-refractivity contribution in [2.45, 2.75) is 0 Å². The molecule has 0 saturated carbocycles. The van der Waals surface area contributed by atoms with E-state index in [0.29, 0.717) is 16.3 Å². The summed E-state index contributed by atoms with van der Waals surface area (Å²) in [6.45, 7) is 0.0122. The monoisotopic (exact) mass is 404 g/mol. The molecule has 4 nitrogen and oxygen atoms in total. The number of anilines is 1. The van der Waals surface area contributed by atoms with Gasteiger partial charge in [0.2, 0.25) is 0 Å². The highest BCUT2D eigenvalue weighted by Crippen LogP contribution is 2.35. The number of hydrogen-bond acceptors (Lipinski definition) is 3. The molecule has 1 amide bonds. The van der Waals surface area contributed by atoms with Crippen LogP contribution in [0.2, 0.25) is 15.1 Å². The van der Waals surface area contributed by atoms with Crippen LogP contribution in [0.5, 0.6) is 5.75 Å². The predicted octanol–water partition coefficient (Wildman–Crippen LogP) is 5.20. The van der Waals surface area contributed by atoms with Crippen molar-refractivity contribution in [2.24, 2.45) is 0 Å². The second-order valence-corrected chi connectivity index (χ2v) is 6.13. The van der Waals surface area contributed by atoms with Crippen molar-refractivity contribution >= 4 is 52.5 Å². The van der Waals surface area contributed by atoms with E-state index in [1.807, 2.05) is 6.07 Å². The summed E-state index contributed by atoms with van der Waals surface area (Å²) in [7, 11) is 0. The van der Waals surface area contributed by atoms with Gasteiger partial charge < -0.3 is 10.1 Å². The third kappa shape index (κ3) is 4.94. The Labute approximate surface area is 165 Å². The third-order valence-electron chi connectivity index (χ3n) is 3.12. The molecule has 0 spiro atoms. The van der Waals surface area contributed by atoms with Crippen LogP contribution < -0.4 is 10.1 Å². The van der Waals surface area contributed by atoms with Gasteiger partial charge in [0.25, 0.3) is 5.91 Å². The number of benzene rings is 2. The molecule has 0 atom stereocenters. The lowest BCUT2D eigenvalue weighted by molar-refractivity contribution is -0.112. The number of carbonyl (C=O) groups is 1. The number of hydrogen-bond donors (Lipinski definition) is 1. The van der Waals surface area contributed by atoms with Gasteiger partial charge in [0.05, 0.1) is 20.8 Å². The quantitative estimate of drug-likeness (QED) is 0.422. The van der Waals surface area contributed by atoms with Gasteiger partial charge in [0.15, 0.2) is 5.75 Å². The number of terminal acetylenes is 1. The van der Waals surface area contributed by atoms with E-state index in [1.54, 1.807) is 24.3 Å². The van der Waals surface area contributed by atoms with Gasteiger partial charge >= 0.3 is 0 Å². The average molecular weight is 406 g/mol. The van der Waals surface area contributed by atoms with Crippen molar-refractivity contribution in [3.05, 3.63) is 62.6 Å². The molecule has 0 aliphatic heterocycles. The Kier molecular flexibility index (Phi) is 6.95. The minimum atomic E-state index is -0.611. The summed E-state index contributed by atoms with van der Waals surface area (Å²) in [4.78, 5) is 12.3. The van der Waals surface area contributed by atoms with Gasteiger partial charge in [-0.25, -0.2) is 0 Å². The average Bonchev–Trinajstić information content (AvgIpc) is 2.61. The Balaban J connectivity index is 2.28. The van der Waals surface area contributed by atoms with Crippen LogP contribution in [0, 0.1) is 23.7 Å². The summed E-state index contributed by atoms with van der Waals surface area (Å²) in [6, 6.07) is 11.6. The summed E-state index contributed by atoms with van der Waals surface area (Å²) in [5.41, 5.74) is 0.711. The van der Waals surface area contributed by atoms with Gasteiger partial charge in [-0.3, -0.25) is 4.79 Å². The first-order valence-electron chi connectivity index (χ1n) is 7.19. The van der Waals surface area contributed by atoms with E-state index in [4.69, 9.17) is 46.0 Å². The fraction of sp³-hybridized carbons (Fsp3) is 0.0526. The molecule has 0 radical (unpaired) electrons. The third-order valence-corrected chi connectivity index (χ3v) is 4.01. The first-order chi connectivity index (χ1) is 12.5. The number of carbonyl (C=O) groups excluding carboxylic acids is 1. The van der Waals surface area contributed by atoms with Gasteiger partial charge in [0.1, 0.15) is 18.2 Å². The number of nitrogens with zero attached hydrogens (tertiary/aromatic N) is 1. The van der Waals surface area contributed by atoms with E-state index in [0.717, 1.165) is 0 Å². The Bertz CT molecular complexity index is 933. The first-order valence-corrected chi connectivity index (χ1v) is 8.32. The van der Waals surface area contributed by atoms with Crippen LogP contribution in [0.1, 0.15) is 5.56 Å². The molecule has 0 aliphatic rings. The molecule has 2 aromatic carbocycles. The van der Waals surface area contributed by atoms with Gasteiger partial charge in [-0.05, 0) is 35.9 Å². The Hall–Kier alpha value is -2.63. The molecule has 0 unspecified atom stereocenters. The second kappa shape index (κ2) is 9.17. The molecule has 130 valence electrons. The topological polar surface area (TPSA) is 62.1 Å². The molecule has 0 heterocycles. The smallest absolute Gasteiger partial charge is 0.266 e. The highest BCUT2D eigenvalue weighted by Gasteiger charge is 2.13. The van der Waals surface area contributed by atoms with Crippen LogP contribution in [-0.4, -0.2) is 12.5 Å². The SMILES string of the molecule is C#CCOc1c(Cl)cc(/C=C(/C#N)C(=O)Nc2ccccc2Cl)cc1Cl. The fourth-order valence-electron chi connectivity index (χ4n) is 1.98. The lowest BCUT2D eigenvalue weighted by Gasteiger charge is -2.09. The van der Waals surface area contributed by atoms with E-state index in [1.165, 1.54) is 18.2 Å². The second-order valence-electron chi connectivity index (χ2n) is 4.91. The van der Waals surface area contributed by atoms with E-state index in [9.17, 15) is 10.1 Å². The number of para-hydroxylation sites is 1. The van der Waals surface area contributed by atoms with Crippen LogP contribution in [0.4, 0.5) is 5.69 Å². The lowest BCUT2D eigenvalue weighted by Crippen LogP contribution is -2.13. The van der Waals surface area contributed by atoms with Crippen molar-refractivity contribution < 1.29 is 9.53 Å². The standard InChI is InChI=1S/C19H11Cl3N2O2/c1-2-7-26-18-15(21)9-12(10-16(18)22)8-13(11-23)19(25)24-17-6-4-3-5-14(17)20/h1,3-6,8-10H,7H2,(H,24,25)/b13-8-. The van der Waals surface area contributed by atoms with Crippen LogP contribution in [0.15, 0.2) is 42.0 Å². The Morgan fingerprint density at radius 2 is 1.85 bits per heavy atom. The number of halogens is 3. The minimum Gasteiger partial charge on any atom is -0.478 e. The van der Waals surface area contributed by atoms with Crippen molar-refractivity contribution in [2.75, 3.05) is 11.9 Å². The summed E-state index contributed by atoms with van der Waals surface area (Å²) >= 11 is 18.2. The molecule has 26 heavy (non-hydrogen) atoms. The highest BCUT2D eigenvalue weighted by atomic mass is 35.5. The fourth-order valence-corrected chi connectivity index (χ4v) is 2.78. The molecule has 0 aromatic heterocycles. The van der Waals surface area contributed by atoms with Gasteiger partial charge in [0, 0.05) is 0 Å². The van der Waals surface area contributed by atoms with E-state index < -0.39 is 5.91 Å². The Morgan fingerprint density at radius 1 is 1.19 bits per heavy atom. The zero-order valence-electron chi connectivity index (χ0n) is 13.2. The zero-order chi connectivity index (χ0) is 19.1. The maximum absolute atomic E-state index is 12.3. The Morgan fingerprint density at radius 3 is 2.42 bits per heavy atom. The predicted molar refractivity (Wildman–Crippen MR) is 104 cm³/mol. The number of nitriles is 1. The summed E-state index contributed by atoms with van der Waals surface area (Å²) in [5, 5.41) is 12.6. The van der Waals surface area contributed by atoms with Crippen LogP contribution in [-0.2, 0) is 4.79 Å². The molecule has 0 bridgehead atoms. The molecular formula is C19H11Cl3N2O2. The van der Waals surface area contributed by atoms with Gasteiger partial charge in [-0.2, -0.15) is 5.26 Å². The number of amides is 1. The maximum Gasteiger partial charge on any atom is 0.266 e. The van der Waals surface area contributed by atoms with E-state index >= 15 is 0 Å². The maximum atomic E-state index is 12.3. The van der Waals surface area contributed by atoms with Crippen molar-refractivity contribution in [1.82, 2.24) is 0 Å². The van der Waals surface area contributed by atoms with Gasteiger partial charge in [-0.15, -0.1) is 6.42 Å². The summed E-state index contributed by atoms with van der Waals surface area (Å²) in [5.74, 6) is 1.94. The number of nitrogens with one attached hydrogen (secondary N) is 1. The normalized spacial score (nSPS) is 10.6. The molecule has 0 fully saturated rings. The molecule has 0 aliphatic carbocycles. The number of ether oxygens (including phenoxy) is 1. The largest absolute Gasteiger partial charge is 0.478 e. The molecule has 2 rings (SSSR count). The lowest BCUT2D eigenvalue weighted by atomic mass is 10.1. The van der Waals surface area contributed by atoms with Crippen LogP contribution >= 0.6 is 34.8 Å². The van der Waals surface area contributed by atoms with E-state index in [-0.39, 0.29) is 28.0 Å². The van der Waals surface area contributed by atoms with Crippen LogP contribution in [0.25, 0.3) is 6.08 Å². The number of rotatable bonds is 5. The molecule has 1 N–H and O–H groups in total. The van der Waals surface area contributed by atoms with Crippen molar-refractivity contribution in [1.29, 1.82) is 5.26 Å². The summed E-state index contributed by atoms with van der Waals surface area (Å²) < 4.78 is 5.26. The van der Waals surface area contributed by atoms with Crippen molar-refractivity contribution in [3.8, 4) is 24.2 Å². The zero-order valence-corrected chi connectivity index (χ0v) is 15.5. The van der Waals surface area contributed by atoms with Crippen molar-refractivity contribution in [3.63, 3.8) is 0 Å². The van der Waals surface area contributed by atoms with Crippen LogP contribution in [0.3, 0.4) is 0 Å². The molecule has 2 aromatic rings. The molecule has 0 saturated heterocycles. The molecule has 7 heteroatoms. The summed E-state index contributed by atoms with van der Waals surface area (Å²) in [6.07, 6.45) is 6.49. The first kappa shape index (κ1) is 19.7.